The molecule has 0 saturated carbocycles. The summed E-state index contributed by atoms with van der Waals surface area (Å²) in [6.45, 7) is 2.16. The molecule has 0 aromatic carbocycles. The van der Waals surface area contributed by atoms with Crippen LogP contribution < -0.4 is 5.32 Å². The second kappa shape index (κ2) is 8.97. The predicted molar refractivity (Wildman–Crippen MR) is 76.9 cm³/mol. The fourth-order valence-electron chi connectivity index (χ4n) is 2.09. The summed E-state index contributed by atoms with van der Waals surface area (Å²) in [5.41, 5.74) is 0.00296. The van der Waals surface area contributed by atoms with Crippen LogP contribution in [0.1, 0.15) is 19.3 Å². The summed E-state index contributed by atoms with van der Waals surface area (Å²) in [7, 11) is 1.68. The summed E-state index contributed by atoms with van der Waals surface area (Å²) in [4.78, 5) is 26.6. The summed E-state index contributed by atoms with van der Waals surface area (Å²) in [6.07, 6.45) is 3.60. The number of likely N-dealkylation sites (tertiary alicyclic amines) is 1. The van der Waals surface area contributed by atoms with Gasteiger partial charge in [-0.1, -0.05) is 0 Å². The number of amides is 2. The number of hydrogen-bond donors (Lipinski definition) is 2. The Morgan fingerprint density at radius 1 is 1.62 bits per heavy atom. The van der Waals surface area contributed by atoms with Crippen LogP contribution in [0.4, 0.5) is 0 Å². The van der Waals surface area contributed by atoms with E-state index >= 15 is 0 Å². The Morgan fingerprint density at radius 2 is 2.38 bits per heavy atom. The Kier molecular flexibility index (Phi) is 7.26. The molecule has 7 nitrogen and oxygen atoms in total. The molecule has 21 heavy (non-hydrogen) atoms. The highest BCUT2D eigenvalue weighted by Crippen LogP contribution is 2.09. The minimum absolute atomic E-state index is 0.00296. The molecule has 0 aliphatic carbocycles. The lowest BCUT2D eigenvalue weighted by atomic mass is 10.2. The maximum atomic E-state index is 11.8. The number of aliphatic hydroxyl groups is 1. The minimum Gasteiger partial charge on any atom is -0.395 e. The van der Waals surface area contributed by atoms with E-state index in [9.17, 15) is 9.59 Å². The highest BCUT2D eigenvalue weighted by Gasteiger charge is 2.19. The molecule has 0 aromatic rings. The van der Waals surface area contributed by atoms with Crippen molar-refractivity contribution in [2.75, 3.05) is 39.8 Å². The van der Waals surface area contributed by atoms with Gasteiger partial charge in [0.05, 0.1) is 6.61 Å². The lowest BCUT2D eigenvalue weighted by molar-refractivity contribution is -0.127. The van der Waals surface area contributed by atoms with E-state index < -0.39 is 5.91 Å². The normalized spacial score (nSPS) is 15.0. The number of aliphatic hydroxyl groups excluding tert-OH is 1. The molecule has 0 aromatic heterocycles. The molecule has 1 saturated heterocycles. The van der Waals surface area contributed by atoms with Gasteiger partial charge in [-0.05, 0) is 12.8 Å². The smallest absolute Gasteiger partial charge is 0.263 e. The highest BCUT2D eigenvalue weighted by atomic mass is 16.3. The van der Waals surface area contributed by atoms with Gasteiger partial charge in [-0.15, -0.1) is 0 Å². The molecule has 0 unspecified atom stereocenters. The molecular weight excluding hydrogens is 272 g/mol. The second-order valence-corrected chi connectivity index (χ2v) is 4.95. The van der Waals surface area contributed by atoms with Crippen molar-refractivity contribution in [1.29, 1.82) is 5.26 Å². The molecule has 1 aliphatic heterocycles. The van der Waals surface area contributed by atoms with Crippen molar-refractivity contribution in [3.63, 3.8) is 0 Å². The van der Waals surface area contributed by atoms with Gasteiger partial charge in [-0.25, -0.2) is 0 Å². The van der Waals surface area contributed by atoms with Crippen LogP contribution in [-0.2, 0) is 9.59 Å². The van der Waals surface area contributed by atoms with E-state index in [0.717, 1.165) is 13.0 Å². The van der Waals surface area contributed by atoms with Crippen LogP contribution in [0.2, 0.25) is 0 Å². The van der Waals surface area contributed by atoms with Gasteiger partial charge in [0, 0.05) is 45.8 Å². The molecule has 116 valence electrons. The lowest BCUT2D eigenvalue weighted by Crippen LogP contribution is -2.31. The molecule has 1 aliphatic rings. The van der Waals surface area contributed by atoms with Gasteiger partial charge in [0.15, 0.2) is 0 Å². The van der Waals surface area contributed by atoms with E-state index in [2.05, 4.69) is 5.32 Å². The number of carbonyl (C=O) groups excluding carboxylic acids is 2. The average Bonchev–Trinajstić information content (AvgIpc) is 2.86. The number of nitrogens with one attached hydrogen (secondary N) is 1. The van der Waals surface area contributed by atoms with Gasteiger partial charge in [-0.2, -0.15) is 5.26 Å². The summed E-state index contributed by atoms with van der Waals surface area (Å²) >= 11 is 0. The van der Waals surface area contributed by atoms with Gasteiger partial charge in [0.25, 0.3) is 5.91 Å². The molecule has 0 bridgehead atoms. The van der Waals surface area contributed by atoms with Crippen molar-refractivity contribution in [3.8, 4) is 6.07 Å². The van der Waals surface area contributed by atoms with Gasteiger partial charge < -0.3 is 20.2 Å². The van der Waals surface area contributed by atoms with Gasteiger partial charge in [-0.3, -0.25) is 9.59 Å². The third-order valence-corrected chi connectivity index (χ3v) is 3.23. The zero-order valence-corrected chi connectivity index (χ0v) is 12.3. The van der Waals surface area contributed by atoms with Crippen LogP contribution in [0, 0.1) is 11.3 Å². The molecule has 2 N–H and O–H groups in total. The van der Waals surface area contributed by atoms with Gasteiger partial charge in [0.1, 0.15) is 11.6 Å². The van der Waals surface area contributed by atoms with Crippen molar-refractivity contribution in [2.24, 2.45) is 0 Å². The number of nitrogens with zero attached hydrogens (tertiary/aromatic N) is 3. The first-order valence-corrected chi connectivity index (χ1v) is 7.07. The number of nitriles is 1. The Balaban J connectivity index is 2.31. The van der Waals surface area contributed by atoms with Crippen molar-refractivity contribution < 1.29 is 14.7 Å². The number of hydrogen-bond acceptors (Lipinski definition) is 5. The number of carbonyl (C=O) groups is 2. The third kappa shape index (κ3) is 5.83. The lowest BCUT2D eigenvalue weighted by Gasteiger charge is -2.15. The molecule has 2 amide bonds. The van der Waals surface area contributed by atoms with Crippen LogP contribution in [0.15, 0.2) is 11.8 Å². The fraction of sp³-hybridized carbons (Fsp3) is 0.643. The molecule has 0 radical (unpaired) electrons. The van der Waals surface area contributed by atoms with E-state index in [0.29, 0.717) is 32.5 Å². The molecule has 1 heterocycles. The Hall–Kier alpha value is -2.07. The zero-order valence-electron chi connectivity index (χ0n) is 12.3. The van der Waals surface area contributed by atoms with E-state index in [1.165, 1.54) is 6.20 Å². The van der Waals surface area contributed by atoms with Crippen LogP contribution >= 0.6 is 0 Å². The summed E-state index contributed by atoms with van der Waals surface area (Å²) in [5, 5.41) is 20.4. The largest absolute Gasteiger partial charge is 0.395 e. The predicted octanol–water partition coefficient (Wildman–Crippen LogP) is -0.553. The minimum atomic E-state index is -0.435. The Bertz CT molecular complexity index is 442. The van der Waals surface area contributed by atoms with E-state index in [1.54, 1.807) is 16.8 Å². The first kappa shape index (κ1) is 17.0. The van der Waals surface area contributed by atoms with E-state index in [-0.39, 0.29) is 18.1 Å². The number of rotatable bonds is 8. The molecule has 0 atom stereocenters. The quantitative estimate of drug-likeness (QED) is 0.355. The molecular formula is C14H22N4O3. The first-order chi connectivity index (χ1) is 10.1. The van der Waals surface area contributed by atoms with Crippen LogP contribution in [0.3, 0.4) is 0 Å². The summed E-state index contributed by atoms with van der Waals surface area (Å²) < 4.78 is 0. The molecule has 7 heteroatoms. The van der Waals surface area contributed by atoms with Crippen molar-refractivity contribution in [2.45, 2.75) is 19.3 Å². The van der Waals surface area contributed by atoms with Crippen LogP contribution in [0.25, 0.3) is 0 Å². The maximum absolute atomic E-state index is 11.8. The topological polar surface area (TPSA) is 96.7 Å². The zero-order chi connectivity index (χ0) is 15.7. The van der Waals surface area contributed by atoms with E-state index in [4.69, 9.17) is 10.4 Å². The van der Waals surface area contributed by atoms with Crippen molar-refractivity contribution in [1.82, 2.24) is 15.1 Å². The average molecular weight is 294 g/mol. The molecule has 1 rings (SSSR count). The standard InChI is InChI=1S/C14H22N4O3/c1-17(8-9-19)11-12(10-15)14(21)16-5-3-7-18-6-2-4-13(18)20/h11,19H,2-9H2,1H3,(H,16,21)/b12-11-. The van der Waals surface area contributed by atoms with Gasteiger partial charge >= 0.3 is 0 Å². The Labute approximate surface area is 124 Å². The third-order valence-electron chi connectivity index (χ3n) is 3.23. The highest BCUT2D eigenvalue weighted by molar-refractivity contribution is 5.97. The van der Waals surface area contributed by atoms with Crippen molar-refractivity contribution in [3.05, 3.63) is 11.8 Å². The summed E-state index contributed by atoms with van der Waals surface area (Å²) in [5.74, 6) is -0.264. The second-order valence-electron chi connectivity index (χ2n) is 4.95. The summed E-state index contributed by atoms with van der Waals surface area (Å²) in [6, 6.07) is 1.84. The van der Waals surface area contributed by atoms with E-state index in [1.807, 2.05) is 6.07 Å². The fourth-order valence-corrected chi connectivity index (χ4v) is 2.09. The van der Waals surface area contributed by atoms with Crippen LogP contribution in [-0.4, -0.2) is 66.6 Å². The monoisotopic (exact) mass is 294 g/mol. The molecule has 0 spiro atoms. The van der Waals surface area contributed by atoms with Crippen LogP contribution in [0.5, 0.6) is 0 Å². The molecule has 1 fully saturated rings. The van der Waals surface area contributed by atoms with Crippen molar-refractivity contribution >= 4 is 11.8 Å². The SMILES string of the molecule is CN(/C=C(/C#N)C(=O)NCCCN1CCCC1=O)CCO. The Morgan fingerprint density at radius 3 is 2.95 bits per heavy atom. The first-order valence-electron chi connectivity index (χ1n) is 7.07. The van der Waals surface area contributed by atoms with Gasteiger partial charge in [0.2, 0.25) is 5.91 Å². The number of likely N-dealkylation sites (N-methyl/N-ethyl adjacent to an activating group) is 1. The maximum Gasteiger partial charge on any atom is 0.263 e.